The summed E-state index contributed by atoms with van der Waals surface area (Å²) in [6, 6.07) is 4.90. The first-order valence-corrected chi connectivity index (χ1v) is 6.31. The molecule has 7 heteroatoms. The van der Waals surface area contributed by atoms with Gasteiger partial charge in [-0.15, -0.1) is 0 Å². The lowest BCUT2D eigenvalue weighted by Gasteiger charge is -2.31. The number of methoxy groups -OCH3 is 2. The van der Waals surface area contributed by atoms with E-state index in [1.807, 2.05) is 0 Å². The maximum absolute atomic E-state index is 11.7. The van der Waals surface area contributed by atoms with E-state index in [0.29, 0.717) is 5.56 Å². The number of hydrogen-bond donors (Lipinski definition) is 1. The number of esters is 2. The maximum Gasteiger partial charge on any atom is 0.384 e. The average Bonchev–Trinajstić information content (AvgIpc) is 2.45. The van der Waals surface area contributed by atoms with E-state index in [4.69, 9.17) is 4.74 Å². The molecule has 0 fully saturated rings. The SMILES string of the molecule is COC(=O)C1=Cc2cc(Br)ccc2OC1(O)C(=O)OC. The van der Waals surface area contributed by atoms with Gasteiger partial charge in [0.25, 0.3) is 0 Å². The van der Waals surface area contributed by atoms with Crippen LogP contribution in [-0.4, -0.2) is 37.1 Å². The molecular formula is C13H11BrO6. The van der Waals surface area contributed by atoms with Gasteiger partial charge in [0, 0.05) is 10.0 Å². The number of ether oxygens (including phenoxy) is 3. The van der Waals surface area contributed by atoms with Gasteiger partial charge in [-0.05, 0) is 24.3 Å². The van der Waals surface area contributed by atoms with E-state index in [9.17, 15) is 14.7 Å². The second-order valence-corrected chi connectivity index (χ2v) is 4.89. The Labute approximate surface area is 123 Å². The maximum atomic E-state index is 11.7. The van der Waals surface area contributed by atoms with Crippen LogP contribution in [0.25, 0.3) is 6.08 Å². The molecule has 0 saturated heterocycles. The predicted octanol–water partition coefficient (Wildman–Crippen LogP) is 1.26. The minimum absolute atomic E-state index is 0.244. The van der Waals surface area contributed by atoms with Crippen molar-refractivity contribution in [3.05, 3.63) is 33.8 Å². The summed E-state index contributed by atoms with van der Waals surface area (Å²) < 4.78 is 15.1. The van der Waals surface area contributed by atoms with Crippen LogP contribution in [0.2, 0.25) is 0 Å². The van der Waals surface area contributed by atoms with Gasteiger partial charge in [0.1, 0.15) is 11.3 Å². The molecule has 1 unspecified atom stereocenters. The normalized spacial score (nSPS) is 20.3. The molecule has 0 aromatic heterocycles. The fourth-order valence-corrected chi connectivity index (χ4v) is 2.17. The molecule has 0 bridgehead atoms. The van der Waals surface area contributed by atoms with Gasteiger partial charge in [-0.1, -0.05) is 15.9 Å². The zero-order valence-corrected chi connectivity index (χ0v) is 12.3. The fraction of sp³-hybridized carbons (Fsp3) is 0.231. The molecule has 0 aliphatic carbocycles. The first-order valence-electron chi connectivity index (χ1n) is 5.52. The Morgan fingerprint density at radius 1 is 1.30 bits per heavy atom. The summed E-state index contributed by atoms with van der Waals surface area (Å²) in [6.45, 7) is 0. The number of hydrogen-bond acceptors (Lipinski definition) is 6. The molecule has 2 rings (SSSR count). The second-order valence-electron chi connectivity index (χ2n) is 3.97. The number of carbonyl (C=O) groups excluding carboxylic acids is 2. The van der Waals surface area contributed by atoms with Crippen molar-refractivity contribution in [2.24, 2.45) is 0 Å². The summed E-state index contributed by atoms with van der Waals surface area (Å²) in [7, 11) is 2.22. The number of carbonyl (C=O) groups is 2. The molecule has 0 amide bonds. The van der Waals surface area contributed by atoms with E-state index in [2.05, 4.69) is 25.4 Å². The van der Waals surface area contributed by atoms with Gasteiger partial charge in [0.05, 0.1) is 14.2 Å². The molecule has 1 atom stereocenters. The van der Waals surface area contributed by atoms with Crippen LogP contribution in [0.3, 0.4) is 0 Å². The van der Waals surface area contributed by atoms with Crippen molar-refractivity contribution in [2.75, 3.05) is 14.2 Å². The van der Waals surface area contributed by atoms with E-state index in [0.717, 1.165) is 18.7 Å². The standard InChI is InChI=1S/C13H11BrO6/c1-18-11(15)9-6-7-5-8(14)3-4-10(7)20-13(9,17)12(16)19-2/h3-6,17H,1-2H3. The van der Waals surface area contributed by atoms with Crippen molar-refractivity contribution in [1.29, 1.82) is 0 Å². The van der Waals surface area contributed by atoms with Gasteiger partial charge in [0.15, 0.2) is 0 Å². The summed E-state index contributed by atoms with van der Waals surface area (Å²) >= 11 is 3.28. The van der Waals surface area contributed by atoms with Gasteiger partial charge in [-0.2, -0.15) is 0 Å². The van der Waals surface area contributed by atoms with E-state index in [1.165, 1.54) is 6.08 Å². The highest BCUT2D eigenvalue weighted by molar-refractivity contribution is 9.10. The van der Waals surface area contributed by atoms with Crippen molar-refractivity contribution in [2.45, 2.75) is 5.79 Å². The third-order valence-electron chi connectivity index (χ3n) is 2.76. The monoisotopic (exact) mass is 342 g/mol. The Balaban J connectivity index is 2.60. The van der Waals surface area contributed by atoms with E-state index >= 15 is 0 Å². The molecule has 1 heterocycles. The van der Waals surface area contributed by atoms with Crippen molar-refractivity contribution in [1.82, 2.24) is 0 Å². The molecule has 0 saturated carbocycles. The van der Waals surface area contributed by atoms with Crippen LogP contribution in [0, 0.1) is 0 Å². The number of fused-ring (bicyclic) bond motifs is 1. The molecule has 6 nitrogen and oxygen atoms in total. The Bertz CT molecular complexity index is 609. The van der Waals surface area contributed by atoms with Crippen LogP contribution in [0.1, 0.15) is 5.56 Å². The van der Waals surface area contributed by atoms with Gasteiger partial charge >= 0.3 is 17.7 Å². The van der Waals surface area contributed by atoms with Crippen LogP contribution in [-0.2, 0) is 19.1 Å². The lowest BCUT2D eigenvalue weighted by Crippen LogP contribution is -2.50. The van der Waals surface area contributed by atoms with Crippen molar-refractivity contribution in [3.63, 3.8) is 0 Å². The summed E-state index contributed by atoms with van der Waals surface area (Å²) in [5, 5.41) is 10.3. The Kier molecular flexibility index (Phi) is 3.82. The highest BCUT2D eigenvalue weighted by Gasteiger charge is 2.50. The Hall–Kier alpha value is -1.86. The van der Waals surface area contributed by atoms with Crippen molar-refractivity contribution < 1.29 is 28.9 Å². The third kappa shape index (κ3) is 2.30. The van der Waals surface area contributed by atoms with Crippen molar-refractivity contribution in [3.8, 4) is 5.75 Å². The van der Waals surface area contributed by atoms with E-state index < -0.39 is 17.7 Å². The quantitative estimate of drug-likeness (QED) is 0.815. The molecule has 20 heavy (non-hydrogen) atoms. The summed E-state index contributed by atoms with van der Waals surface area (Å²) in [6.07, 6.45) is 1.33. The number of halogens is 1. The lowest BCUT2D eigenvalue weighted by atomic mass is 9.98. The molecule has 1 aliphatic heterocycles. The topological polar surface area (TPSA) is 82.1 Å². The van der Waals surface area contributed by atoms with Crippen LogP contribution in [0.5, 0.6) is 5.75 Å². The van der Waals surface area contributed by atoms with Crippen LogP contribution < -0.4 is 4.74 Å². The molecule has 1 aromatic rings. The first-order chi connectivity index (χ1) is 9.42. The molecule has 0 radical (unpaired) electrons. The average molecular weight is 343 g/mol. The molecule has 1 N–H and O–H groups in total. The zero-order valence-electron chi connectivity index (χ0n) is 10.7. The fourth-order valence-electron chi connectivity index (χ4n) is 1.79. The van der Waals surface area contributed by atoms with Crippen LogP contribution in [0.4, 0.5) is 0 Å². The highest BCUT2D eigenvalue weighted by Crippen LogP contribution is 2.37. The van der Waals surface area contributed by atoms with Gasteiger partial charge in [0.2, 0.25) is 0 Å². The third-order valence-corrected chi connectivity index (χ3v) is 3.26. The number of aliphatic hydroxyl groups is 1. The van der Waals surface area contributed by atoms with E-state index in [-0.39, 0.29) is 11.3 Å². The summed E-state index contributed by atoms with van der Waals surface area (Å²) in [5.41, 5.74) is 0.172. The minimum atomic E-state index is -2.53. The van der Waals surface area contributed by atoms with E-state index in [1.54, 1.807) is 18.2 Å². The highest BCUT2D eigenvalue weighted by atomic mass is 79.9. The molecule has 1 aromatic carbocycles. The minimum Gasteiger partial charge on any atom is -0.465 e. The smallest absolute Gasteiger partial charge is 0.384 e. The first kappa shape index (κ1) is 14.5. The summed E-state index contributed by atoms with van der Waals surface area (Å²) in [5.74, 6) is -4.28. The van der Waals surface area contributed by atoms with Gasteiger partial charge in [-0.25, -0.2) is 9.59 Å². The molecular weight excluding hydrogens is 332 g/mol. The molecule has 0 spiro atoms. The van der Waals surface area contributed by atoms with Crippen LogP contribution >= 0.6 is 15.9 Å². The number of rotatable bonds is 2. The lowest BCUT2D eigenvalue weighted by molar-refractivity contribution is -0.189. The zero-order chi connectivity index (χ0) is 14.9. The largest absolute Gasteiger partial charge is 0.465 e. The molecule has 1 aliphatic rings. The Morgan fingerprint density at radius 3 is 2.60 bits per heavy atom. The van der Waals surface area contributed by atoms with Gasteiger partial charge < -0.3 is 19.3 Å². The second kappa shape index (κ2) is 5.26. The predicted molar refractivity (Wildman–Crippen MR) is 71.7 cm³/mol. The van der Waals surface area contributed by atoms with Gasteiger partial charge in [-0.3, -0.25) is 0 Å². The summed E-state index contributed by atoms with van der Waals surface area (Å²) in [4.78, 5) is 23.5. The number of benzene rings is 1. The Morgan fingerprint density at radius 2 is 2.00 bits per heavy atom. The van der Waals surface area contributed by atoms with Crippen LogP contribution in [0.15, 0.2) is 28.2 Å². The van der Waals surface area contributed by atoms with Crippen molar-refractivity contribution >= 4 is 33.9 Å². The molecule has 106 valence electrons.